The molecule has 1 aliphatic rings. The van der Waals surface area contributed by atoms with E-state index in [1.54, 1.807) is 0 Å². The lowest BCUT2D eigenvalue weighted by Gasteiger charge is -2.40. The summed E-state index contributed by atoms with van der Waals surface area (Å²) in [6, 6.07) is 2.26. The largest absolute Gasteiger partial charge is 0.374 e. The quantitative estimate of drug-likeness (QED) is 0.627. The average molecular weight is 266 g/mol. The molecule has 0 saturated carbocycles. The zero-order valence-electron chi connectivity index (χ0n) is 12.3. The van der Waals surface area contributed by atoms with Crippen LogP contribution in [0.5, 0.6) is 0 Å². The van der Waals surface area contributed by atoms with E-state index >= 15 is 0 Å². The predicted molar refractivity (Wildman–Crippen MR) is 75.7 cm³/mol. The minimum Gasteiger partial charge on any atom is -0.374 e. The molecule has 0 radical (unpaired) electrons. The second kappa shape index (κ2) is 6.03. The standard InChI is InChI=1S/C14H26N4O/c1-4-18-12(9-11(2)17-18)10-13(16-15)14(3)7-5-6-8-19-14/h9,13,16H,4-8,10,15H2,1-3H3. The first-order valence-corrected chi connectivity index (χ1v) is 7.22. The van der Waals surface area contributed by atoms with Crippen molar-refractivity contribution in [2.24, 2.45) is 5.84 Å². The fourth-order valence-electron chi connectivity index (χ4n) is 2.93. The molecule has 19 heavy (non-hydrogen) atoms. The Hall–Kier alpha value is -0.910. The molecule has 1 fully saturated rings. The number of rotatable bonds is 5. The van der Waals surface area contributed by atoms with Gasteiger partial charge >= 0.3 is 0 Å². The summed E-state index contributed by atoms with van der Waals surface area (Å²) in [7, 11) is 0. The summed E-state index contributed by atoms with van der Waals surface area (Å²) in [5.74, 6) is 5.78. The lowest BCUT2D eigenvalue weighted by molar-refractivity contribution is -0.0887. The first kappa shape index (κ1) is 14.5. The molecule has 0 bridgehead atoms. The normalized spacial score (nSPS) is 25.5. The van der Waals surface area contributed by atoms with Gasteiger partial charge < -0.3 is 4.74 Å². The number of ether oxygens (including phenoxy) is 1. The first-order chi connectivity index (χ1) is 9.09. The van der Waals surface area contributed by atoms with Crippen LogP contribution in [0.15, 0.2) is 6.07 Å². The molecule has 2 atom stereocenters. The van der Waals surface area contributed by atoms with E-state index in [1.807, 2.05) is 11.6 Å². The Bertz CT molecular complexity index is 410. The van der Waals surface area contributed by atoms with Gasteiger partial charge in [-0.15, -0.1) is 0 Å². The van der Waals surface area contributed by atoms with Gasteiger partial charge in [-0.2, -0.15) is 5.10 Å². The molecule has 1 aromatic rings. The lowest BCUT2D eigenvalue weighted by Crippen LogP contribution is -2.55. The summed E-state index contributed by atoms with van der Waals surface area (Å²) in [4.78, 5) is 0. The highest BCUT2D eigenvalue weighted by molar-refractivity contribution is 5.12. The number of hydrogen-bond donors (Lipinski definition) is 2. The van der Waals surface area contributed by atoms with Crippen LogP contribution in [0.1, 0.15) is 44.5 Å². The number of aryl methyl sites for hydroxylation is 2. The summed E-state index contributed by atoms with van der Waals surface area (Å²) in [6.45, 7) is 8.02. The van der Waals surface area contributed by atoms with Crippen molar-refractivity contribution in [2.45, 2.75) is 64.6 Å². The Morgan fingerprint density at radius 1 is 1.58 bits per heavy atom. The molecular weight excluding hydrogens is 240 g/mol. The van der Waals surface area contributed by atoms with Crippen LogP contribution < -0.4 is 11.3 Å². The fraction of sp³-hybridized carbons (Fsp3) is 0.786. The van der Waals surface area contributed by atoms with Crippen LogP contribution in [0.25, 0.3) is 0 Å². The van der Waals surface area contributed by atoms with Gasteiger partial charge in [-0.05, 0) is 46.1 Å². The molecule has 2 unspecified atom stereocenters. The molecule has 3 N–H and O–H groups in total. The summed E-state index contributed by atoms with van der Waals surface area (Å²) in [5.41, 5.74) is 5.06. The second-order valence-electron chi connectivity index (χ2n) is 5.63. The van der Waals surface area contributed by atoms with Gasteiger partial charge in [0.2, 0.25) is 0 Å². The smallest absolute Gasteiger partial charge is 0.0824 e. The second-order valence-corrected chi connectivity index (χ2v) is 5.63. The molecule has 0 spiro atoms. The van der Waals surface area contributed by atoms with E-state index in [0.717, 1.165) is 38.1 Å². The van der Waals surface area contributed by atoms with E-state index in [9.17, 15) is 0 Å². The Kier molecular flexibility index (Phi) is 4.60. The molecule has 0 amide bonds. The molecule has 108 valence electrons. The van der Waals surface area contributed by atoms with Crippen molar-refractivity contribution in [3.8, 4) is 0 Å². The molecular formula is C14H26N4O. The highest BCUT2D eigenvalue weighted by Gasteiger charge is 2.36. The van der Waals surface area contributed by atoms with Crippen molar-refractivity contribution in [3.05, 3.63) is 17.5 Å². The minimum atomic E-state index is -0.177. The zero-order chi connectivity index (χ0) is 13.9. The highest BCUT2D eigenvalue weighted by Crippen LogP contribution is 2.29. The summed E-state index contributed by atoms with van der Waals surface area (Å²) >= 11 is 0. The van der Waals surface area contributed by atoms with Crippen molar-refractivity contribution >= 4 is 0 Å². The zero-order valence-corrected chi connectivity index (χ0v) is 12.3. The predicted octanol–water partition coefficient (Wildman–Crippen LogP) is 1.55. The summed E-state index contributed by atoms with van der Waals surface area (Å²) in [5, 5.41) is 4.49. The van der Waals surface area contributed by atoms with Crippen LogP contribution in [-0.4, -0.2) is 28.0 Å². The van der Waals surface area contributed by atoms with Gasteiger partial charge in [0, 0.05) is 25.3 Å². The maximum absolute atomic E-state index is 6.00. The van der Waals surface area contributed by atoms with E-state index in [2.05, 4.69) is 30.4 Å². The van der Waals surface area contributed by atoms with Gasteiger partial charge in [0.05, 0.1) is 17.3 Å². The SMILES string of the molecule is CCn1nc(C)cc1CC(NN)C1(C)CCCCO1. The number of hydrazine groups is 1. The van der Waals surface area contributed by atoms with E-state index in [0.29, 0.717) is 0 Å². The van der Waals surface area contributed by atoms with E-state index in [4.69, 9.17) is 10.6 Å². The van der Waals surface area contributed by atoms with E-state index in [1.165, 1.54) is 12.1 Å². The van der Waals surface area contributed by atoms with E-state index in [-0.39, 0.29) is 11.6 Å². The number of nitrogens with two attached hydrogens (primary N) is 1. The van der Waals surface area contributed by atoms with Crippen molar-refractivity contribution in [2.75, 3.05) is 6.61 Å². The number of nitrogens with zero attached hydrogens (tertiary/aromatic N) is 2. The monoisotopic (exact) mass is 266 g/mol. The Balaban J connectivity index is 2.13. The van der Waals surface area contributed by atoms with Crippen LogP contribution in [-0.2, 0) is 17.7 Å². The lowest BCUT2D eigenvalue weighted by atomic mass is 9.86. The fourth-order valence-corrected chi connectivity index (χ4v) is 2.93. The third-order valence-electron chi connectivity index (χ3n) is 4.14. The van der Waals surface area contributed by atoms with Crippen LogP contribution in [0.4, 0.5) is 0 Å². The van der Waals surface area contributed by atoms with Gasteiger partial charge in [-0.3, -0.25) is 16.0 Å². The van der Waals surface area contributed by atoms with Gasteiger partial charge in [-0.25, -0.2) is 0 Å². The third kappa shape index (κ3) is 3.16. The first-order valence-electron chi connectivity index (χ1n) is 7.22. The molecule has 1 aliphatic heterocycles. The maximum atomic E-state index is 6.00. The number of hydrogen-bond acceptors (Lipinski definition) is 4. The molecule has 2 rings (SSSR count). The van der Waals surface area contributed by atoms with Crippen molar-refractivity contribution in [3.63, 3.8) is 0 Å². The summed E-state index contributed by atoms with van der Waals surface area (Å²) in [6.07, 6.45) is 4.27. The van der Waals surface area contributed by atoms with Gasteiger partial charge in [0.1, 0.15) is 0 Å². The Labute approximate surface area is 115 Å². The van der Waals surface area contributed by atoms with Crippen molar-refractivity contribution in [1.29, 1.82) is 0 Å². The van der Waals surface area contributed by atoms with Crippen LogP contribution in [0.3, 0.4) is 0 Å². The van der Waals surface area contributed by atoms with Crippen LogP contribution in [0, 0.1) is 6.92 Å². The minimum absolute atomic E-state index is 0.120. The van der Waals surface area contributed by atoms with Crippen LogP contribution in [0.2, 0.25) is 0 Å². The number of aromatic nitrogens is 2. The van der Waals surface area contributed by atoms with E-state index < -0.39 is 0 Å². The van der Waals surface area contributed by atoms with Crippen LogP contribution >= 0.6 is 0 Å². The summed E-state index contributed by atoms with van der Waals surface area (Å²) < 4.78 is 8.05. The highest BCUT2D eigenvalue weighted by atomic mass is 16.5. The molecule has 5 heteroatoms. The molecule has 5 nitrogen and oxygen atoms in total. The maximum Gasteiger partial charge on any atom is 0.0824 e. The molecule has 1 aromatic heterocycles. The van der Waals surface area contributed by atoms with Gasteiger partial charge in [0.25, 0.3) is 0 Å². The Morgan fingerprint density at radius 3 is 2.95 bits per heavy atom. The van der Waals surface area contributed by atoms with Gasteiger partial charge in [0.15, 0.2) is 0 Å². The molecule has 0 aromatic carbocycles. The molecule has 2 heterocycles. The van der Waals surface area contributed by atoms with Crippen molar-refractivity contribution in [1.82, 2.24) is 15.2 Å². The average Bonchev–Trinajstić information content (AvgIpc) is 2.76. The topological polar surface area (TPSA) is 65.1 Å². The number of nitrogens with one attached hydrogen (secondary N) is 1. The Morgan fingerprint density at radius 2 is 2.37 bits per heavy atom. The van der Waals surface area contributed by atoms with Gasteiger partial charge in [-0.1, -0.05) is 0 Å². The third-order valence-corrected chi connectivity index (χ3v) is 4.14. The molecule has 0 aliphatic carbocycles. The van der Waals surface area contributed by atoms with Crippen molar-refractivity contribution < 1.29 is 4.74 Å². The molecule has 1 saturated heterocycles.